The van der Waals surface area contributed by atoms with Crippen molar-refractivity contribution in [1.29, 1.82) is 0 Å². The Morgan fingerprint density at radius 3 is 2.27 bits per heavy atom. The van der Waals surface area contributed by atoms with E-state index in [4.69, 9.17) is 25.8 Å². The molecule has 0 radical (unpaired) electrons. The minimum absolute atomic E-state index is 0.165. The Morgan fingerprint density at radius 2 is 1.67 bits per heavy atom. The number of hydrogen-bond acceptors (Lipinski definition) is 5. The first-order valence-electron chi connectivity index (χ1n) is 11.1. The van der Waals surface area contributed by atoms with Crippen LogP contribution in [0.15, 0.2) is 42.5 Å². The highest BCUT2D eigenvalue weighted by Gasteiger charge is 2.29. The van der Waals surface area contributed by atoms with Gasteiger partial charge in [-0.15, -0.1) is 0 Å². The zero-order valence-corrected chi connectivity index (χ0v) is 20.1. The molecule has 33 heavy (non-hydrogen) atoms. The maximum absolute atomic E-state index is 13.2. The fraction of sp³-hybridized carbons (Fsp3) is 0.440. The Hall–Kier alpha value is -2.93. The van der Waals surface area contributed by atoms with Gasteiger partial charge in [-0.25, -0.2) is 0 Å². The molecule has 2 amide bonds. The molecule has 0 aliphatic heterocycles. The molecule has 1 saturated carbocycles. The van der Waals surface area contributed by atoms with Gasteiger partial charge in [-0.05, 0) is 31.4 Å². The number of amides is 2. The van der Waals surface area contributed by atoms with Gasteiger partial charge in [0.25, 0.3) is 5.91 Å². The van der Waals surface area contributed by atoms with Crippen molar-refractivity contribution in [2.24, 2.45) is 0 Å². The van der Waals surface area contributed by atoms with Crippen molar-refractivity contribution in [3.05, 3.63) is 53.1 Å². The van der Waals surface area contributed by atoms with Crippen molar-refractivity contribution in [3.8, 4) is 17.2 Å². The summed E-state index contributed by atoms with van der Waals surface area (Å²) >= 11 is 6.34. The van der Waals surface area contributed by atoms with Crippen molar-refractivity contribution in [3.63, 3.8) is 0 Å². The van der Waals surface area contributed by atoms with Crippen LogP contribution in [0.2, 0.25) is 5.02 Å². The quantitative estimate of drug-likeness (QED) is 0.558. The van der Waals surface area contributed by atoms with Crippen LogP contribution in [-0.4, -0.2) is 49.6 Å². The maximum atomic E-state index is 13.2. The summed E-state index contributed by atoms with van der Waals surface area (Å²) in [5.41, 5.74) is 0.760. The molecule has 0 saturated heterocycles. The molecule has 0 bridgehead atoms. The first-order valence-corrected chi connectivity index (χ1v) is 11.5. The second-order valence-corrected chi connectivity index (χ2v) is 8.52. The molecule has 0 unspecified atom stereocenters. The highest BCUT2D eigenvalue weighted by Crippen LogP contribution is 2.27. The molecule has 7 nitrogen and oxygen atoms in total. The number of methoxy groups -OCH3 is 2. The second kappa shape index (κ2) is 11.8. The third kappa shape index (κ3) is 6.78. The number of rotatable bonds is 10. The van der Waals surface area contributed by atoms with Gasteiger partial charge < -0.3 is 24.4 Å². The highest BCUT2D eigenvalue weighted by molar-refractivity contribution is 6.31. The number of hydrogen-bond donors (Lipinski definition) is 1. The lowest BCUT2D eigenvalue weighted by molar-refractivity contribution is -0.142. The molecular weight excluding hydrogens is 444 g/mol. The lowest BCUT2D eigenvalue weighted by Gasteiger charge is -2.30. The van der Waals surface area contributed by atoms with E-state index in [0.717, 1.165) is 31.2 Å². The SMILES string of the molecule is COc1cc(OC)cc(OCC(=O)N(Cc2ccccc2Cl)[C@@H](C)C(=O)NC2CCCC2)c1. The predicted molar refractivity (Wildman–Crippen MR) is 127 cm³/mol. The van der Waals surface area contributed by atoms with Crippen molar-refractivity contribution in [1.82, 2.24) is 10.2 Å². The van der Waals surface area contributed by atoms with Crippen molar-refractivity contribution in [2.75, 3.05) is 20.8 Å². The van der Waals surface area contributed by atoms with E-state index in [0.29, 0.717) is 22.3 Å². The van der Waals surface area contributed by atoms with Crippen LogP contribution in [0, 0.1) is 0 Å². The largest absolute Gasteiger partial charge is 0.496 e. The summed E-state index contributed by atoms with van der Waals surface area (Å²) in [5, 5.41) is 3.62. The molecule has 1 aliphatic carbocycles. The molecule has 0 spiro atoms. The molecular formula is C25H31ClN2O5. The fourth-order valence-corrected chi connectivity index (χ4v) is 4.07. The van der Waals surface area contributed by atoms with E-state index in [2.05, 4.69) is 5.32 Å². The molecule has 0 heterocycles. The summed E-state index contributed by atoms with van der Waals surface area (Å²) in [7, 11) is 3.08. The van der Waals surface area contributed by atoms with E-state index in [1.165, 1.54) is 4.90 Å². The Labute approximate surface area is 200 Å². The average Bonchev–Trinajstić information content (AvgIpc) is 3.34. The first-order chi connectivity index (χ1) is 15.9. The maximum Gasteiger partial charge on any atom is 0.261 e. The van der Waals surface area contributed by atoms with Gasteiger partial charge in [0.2, 0.25) is 5.91 Å². The van der Waals surface area contributed by atoms with E-state index in [-0.39, 0.29) is 31.0 Å². The summed E-state index contributed by atoms with van der Waals surface area (Å²) in [6.07, 6.45) is 4.16. The standard InChI is InChI=1S/C25H31ClN2O5/c1-17(25(30)27-19-9-5-6-10-19)28(15-18-8-4-7-11-23(18)26)24(29)16-33-22-13-20(31-2)12-21(14-22)32-3/h4,7-8,11-14,17,19H,5-6,9-10,15-16H2,1-3H3,(H,27,30)/t17-/m0/s1. The van der Waals surface area contributed by atoms with Gasteiger partial charge >= 0.3 is 0 Å². The van der Waals surface area contributed by atoms with Crippen LogP contribution in [-0.2, 0) is 16.1 Å². The van der Waals surface area contributed by atoms with Gasteiger partial charge in [0.15, 0.2) is 6.61 Å². The fourth-order valence-electron chi connectivity index (χ4n) is 3.88. The predicted octanol–water partition coefficient (Wildman–Crippen LogP) is 4.21. The molecule has 178 valence electrons. The van der Waals surface area contributed by atoms with Gasteiger partial charge in [-0.3, -0.25) is 9.59 Å². The number of carbonyl (C=O) groups excluding carboxylic acids is 2. The number of carbonyl (C=O) groups is 2. The summed E-state index contributed by atoms with van der Waals surface area (Å²) < 4.78 is 16.3. The Kier molecular flexibility index (Phi) is 8.83. The number of ether oxygens (including phenoxy) is 3. The van der Waals surface area contributed by atoms with Crippen LogP contribution in [0.1, 0.15) is 38.2 Å². The molecule has 0 aromatic heterocycles. The third-order valence-electron chi connectivity index (χ3n) is 5.85. The monoisotopic (exact) mass is 474 g/mol. The van der Waals surface area contributed by atoms with Crippen LogP contribution in [0.4, 0.5) is 0 Å². The van der Waals surface area contributed by atoms with Gasteiger partial charge in [0.1, 0.15) is 23.3 Å². The van der Waals surface area contributed by atoms with E-state index in [1.54, 1.807) is 45.4 Å². The smallest absolute Gasteiger partial charge is 0.261 e. The molecule has 1 aliphatic rings. The minimum Gasteiger partial charge on any atom is -0.496 e. The van der Waals surface area contributed by atoms with Crippen LogP contribution in [0.5, 0.6) is 17.2 Å². The van der Waals surface area contributed by atoms with Gasteiger partial charge in [-0.1, -0.05) is 42.6 Å². The zero-order valence-electron chi connectivity index (χ0n) is 19.3. The molecule has 1 atom stereocenters. The first kappa shape index (κ1) is 24.7. The Balaban J connectivity index is 1.75. The van der Waals surface area contributed by atoms with Gasteiger partial charge in [-0.2, -0.15) is 0 Å². The normalized spacial score (nSPS) is 14.4. The number of nitrogens with zero attached hydrogens (tertiary/aromatic N) is 1. The van der Waals surface area contributed by atoms with Crippen molar-refractivity contribution in [2.45, 2.75) is 51.2 Å². The van der Waals surface area contributed by atoms with Gasteiger partial charge in [0.05, 0.1) is 14.2 Å². The number of benzene rings is 2. The van der Waals surface area contributed by atoms with Crippen molar-refractivity contribution < 1.29 is 23.8 Å². The van der Waals surface area contributed by atoms with Crippen LogP contribution in [0.3, 0.4) is 0 Å². The topological polar surface area (TPSA) is 77.1 Å². The van der Waals surface area contributed by atoms with Crippen LogP contribution in [0.25, 0.3) is 0 Å². The molecule has 3 rings (SSSR count). The van der Waals surface area contributed by atoms with Crippen LogP contribution < -0.4 is 19.5 Å². The second-order valence-electron chi connectivity index (χ2n) is 8.12. The van der Waals surface area contributed by atoms with Gasteiger partial charge in [0, 0.05) is 35.8 Å². The zero-order chi connectivity index (χ0) is 23.8. The average molecular weight is 475 g/mol. The summed E-state index contributed by atoms with van der Waals surface area (Å²) in [6.45, 7) is 1.68. The minimum atomic E-state index is -0.683. The van der Waals surface area contributed by atoms with Crippen molar-refractivity contribution >= 4 is 23.4 Å². The summed E-state index contributed by atoms with van der Waals surface area (Å²) in [6, 6.07) is 11.8. The summed E-state index contributed by atoms with van der Waals surface area (Å²) in [5.74, 6) is 1.03. The molecule has 8 heteroatoms. The highest BCUT2D eigenvalue weighted by atomic mass is 35.5. The number of nitrogens with one attached hydrogen (secondary N) is 1. The van der Waals surface area contributed by atoms with E-state index in [9.17, 15) is 9.59 Å². The van der Waals surface area contributed by atoms with E-state index < -0.39 is 6.04 Å². The Morgan fingerprint density at radius 1 is 1.06 bits per heavy atom. The molecule has 2 aromatic carbocycles. The Bertz CT molecular complexity index is 939. The van der Waals surface area contributed by atoms with E-state index >= 15 is 0 Å². The van der Waals surface area contributed by atoms with Crippen LogP contribution >= 0.6 is 11.6 Å². The molecule has 2 aromatic rings. The van der Waals surface area contributed by atoms with E-state index in [1.807, 2.05) is 18.2 Å². The molecule has 1 N–H and O–H groups in total. The lowest BCUT2D eigenvalue weighted by Crippen LogP contribution is -2.50. The molecule has 1 fully saturated rings. The lowest BCUT2D eigenvalue weighted by atomic mass is 10.1. The number of halogens is 1. The summed E-state index contributed by atoms with van der Waals surface area (Å²) in [4.78, 5) is 27.7. The third-order valence-corrected chi connectivity index (χ3v) is 6.22.